The summed E-state index contributed by atoms with van der Waals surface area (Å²) in [6, 6.07) is 0. The topological polar surface area (TPSA) is 66.9 Å². The van der Waals surface area contributed by atoms with Crippen LogP contribution in [0.15, 0.2) is 0 Å². The monoisotopic (exact) mass is 458 g/mol. The van der Waals surface area contributed by atoms with E-state index in [1.54, 1.807) is 0 Å². The van der Waals surface area contributed by atoms with Crippen LogP contribution in [0.25, 0.3) is 0 Å². The molecule has 0 aromatic rings. The number of epoxide rings is 1. The maximum absolute atomic E-state index is 13.4. The molecule has 1 N–H and O–H groups in total. The summed E-state index contributed by atoms with van der Waals surface area (Å²) in [6.07, 6.45) is 8.42. The van der Waals surface area contributed by atoms with E-state index in [1.807, 2.05) is 0 Å². The number of carbonyl (C=O) groups excluding carboxylic acids is 2. The van der Waals surface area contributed by atoms with E-state index in [0.717, 1.165) is 6.42 Å². The normalized spacial score (nSPS) is 51.0. The molecule has 0 unspecified atom stereocenters. The molecule has 186 valence electrons. The van der Waals surface area contributed by atoms with E-state index in [2.05, 4.69) is 41.5 Å². The maximum Gasteiger partial charge on any atom is 0.165 e. The predicted octanol–water partition coefficient (Wildman–Crippen LogP) is 5.59. The number of rotatable bonds is 5. The Morgan fingerprint density at radius 3 is 2.42 bits per heavy atom. The van der Waals surface area contributed by atoms with E-state index >= 15 is 0 Å². The van der Waals surface area contributed by atoms with E-state index < -0.39 is 11.0 Å². The van der Waals surface area contributed by atoms with Crippen LogP contribution in [0.1, 0.15) is 99.3 Å². The van der Waals surface area contributed by atoms with Gasteiger partial charge in [0.05, 0.1) is 12.2 Å². The Morgan fingerprint density at radius 2 is 1.76 bits per heavy atom. The molecule has 0 spiro atoms. The van der Waals surface area contributed by atoms with Crippen LogP contribution in [0, 0.1) is 52.3 Å². The van der Waals surface area contributed by atoms with Crippen molar-refractivity contribution in [1.82, 2.24) is 0 Å². The average Bonchev–Trinajstić information content (AvgIpc) is 3.44. The molecular weight excluding hydrogens is 412 g/mol. The van der Waals surface area contributed by atoms with Crippen LogP contribution in [-0.2, 0) is 14.3 Å². The third-order valence-corrected chi connectivity index (χ3v) is 12.0. The summed E-state index contributed by atoms with van der Waals surface area (Å²) in [5.74, 6) is 3.81. The Morgan fingerprint density at radius 1 is 1.03 bits per heavy atom. The molecule has 0 aromatic carbocycles. The molecule has 5 fully saturated rings. The second-order valence-electron chi connectivity index (χ2n) is 13.5. The molecule has 0 amide bonds. The van der Waals surface area contributed by atoms with Gasteiger partial charge in [0.25, 0.3) is 0 Å². The lowest BCUT2D eigenvalue weighted by atomic mass is 9.42. The highest BCUT2D eigenvalue weighted by Gasteiger charge is 2.68. The number of fused-ring (bicyclic) bond motifs is 5. The number of ketones is 2. The standard InChI is InChI=1S/C29H46O4/c1-7-19(16(2)3)26-25(33-26)17(4)21-8-9-22-20-14-24(31)29(32)15-18(30)10-13-28(29,6)23(20)11-12-27(21,22)5/h16-17,19-23,25-26,32H,7-15H2,1-6H3/t17-,19-,20-,21+,22-,23-,25+,26+,27+,28+,29-/m0/s1. The summed E-state index contributed by atoms with van der Waals surface area (Å²) in [5, 5.41) is 11.5. The highest BCUT2D eigenvalue weighted by Crippen LogP contribution is 2.69. The van der Waals surface area contributed by atoms with Crippen molar-refractivity contribution in [3.8, 4) is 0 Å². The first-order valence-electron chi connectivity index (χ1n) is 13.9. The highest BCUT2D eigenvalue weighted by molar-refractivity contribution is 5.96. The lowest BCUT2D eigenvalue weighted by Gasteiger charge is -2.62. The minimum atomic E-state index is -1.43. The smallest absolute Gasteiger partial charge is 0.165 e. The van der Waals surface area contributed by atoms with Crippen LogP contribution < -0.4 is 0 Å². The summed E-state index contributed by atoms with van der Waals surface area (Å²) < 4.78 is 6.34. The van der Waals surface area contributed by atoms with Crippen LogP contribution in [-0.4, -0.2) is 34.5 Å². The molecule has 0 radical (unpaired) electrons. The van der Waals surface area contributed by atoms with Crippen LogP contribution in [0.3, 0.4) is 0 Å². The fraction of sp³-hybridized carbons (Fsp3) is 0.931. The first-order chi connectivity index (χ1) is 15.5. The Labute approximate surface area is 200 Å². The zero-order chi connectivity index (χ0) is 23.9. The van der Waals surface area contributed by atoms with E-state index in [4.69, 9.17) is 4.74 Å². The van der Waals surface area contributed by atoms with Gasteiger partial charge in [-0.25, -0.2) is 0 Å². The number of Topliss-reactive ketones (excluding diaryl/α,β-unsaturated/α-hetero) is 2. The molecular formula is C29H46O4. The zero-order valence-electron chi connectivity index (χ0n) is 21.7. The van der Waals surface area contributed by atoms with Gasteiger partial charge in [0.15, 0.2) is 5.78 Å². The van der Waals surface area contributed by atoms with Crippen molar-refractivity contribution < 1.29 is 19.4 Å². The molecule has 5 rings (SSSR count). The SMILES string of the molecule is CC[C@@H](C(C)C)[C@H]1O[C@@H]1[C@@H](C)[C@H]1CC[C@H]2[C@@H]3CC(=O)[C@@]4(O)CC(=O)CC[C@]4(C)[C@H]3CC[C@]12C. The number of aliphatic hydroxyl groups is 1. The minimum Gasteiger partial charge on any atom is -0.381 e. The molecule has 1 aliphatic heterocycles. The van der Waals surface area contributed by atoms with E-state index in [0.29, 0.717) is 72.9 Å². The van der Waals surface area contributed by atoms with Crippen LogP contribution in [0.5, 0.6) is 0 Å². The molecule has 0 bridgehead atoms. The summed E-state index contributed by atoms with van der Waals surface area (Å²) in [5.41, 5.74) is -1.61. The summed E-state index contributed by atoms with van der Waals surface area (Å²) in [4.78, 5) is 25.6. The van der Waals surface area contributed by atoms with Crippen molar-refractivity contribution in [2.75, 3.05) is 0 Å². The quantitative estimate of drug-likeness (QED) is 0.545. The predicted molar refractivity (Wildman–Crippen MR) is 129 cm³/mol. The molecule has 4 saturated carbocycles. The fourth-order valence-electron chi connectivity index (χ4n) is 9.96. The van der Waals surface area contributed by atoms with Crippen molar-refractivity contribution in [2.45, 2.75) is 117 Å². The third kappa shape index (κ3) is 3.29. The second kappa shape index (κ2) is 7.88. The van der Waals surface area contributed by atoms with Gasteiger partial charge in [0, 0.05) is 24.7 Å². The molecule has 11 atom stereocenters. The number of ether oxygens (including phenoxy) is 1. The fourth-order valence-corrected chi connectivity index (χ4v) is 9.96. The van der Waals surface area contributed by atoms with E-state index in [1.165, 1.54) is 25.7 Å². The first-order valence-corrected chi connectivity index (χ1v) is 13.9. The lowest BCUT2D eigenvalue weighted by Crippen LogP contribution is -2.66. The van der Waals surface area contributed by atoms with Gasteiger partial charge < -0.3 is 9.84 Å². The van der Waals surface area contributed by atoms with Crippen molar-refractivity contribution in [3.63, 3.8) is 0 Å². The molecule has 4 nitrogen and oxygen atoms in total. The molecule has 33 heavy (non-hydrogen) atoms. The third-order valence-electron chi connectivity index (χ3n) is 12.0. The molecule has 1 heterocycles. The average molecular weight is 459 g/mol. The first kappa shape index (κ1) is 24.0. The molecule has 4 heteroatoms. The van der Waals surface area contributed by atoms with Crippen molar-refractivity contribution in [2.24, 2.45) is 52.3 Å². The van der Waals surface area contributed by atoms with Crippen LogP contribution in [0.4, 0.5) is 0 Å². The molecule has 1 saturated heterocycles. The van der Waals surface area contributed by atoms with Gasteiger partial charge in [0.1, 0.15) is 11.4 Å². The van der Waals surface area contributed by atoms with Crippen LogP contribution in [0.2, 0.25) is 0 Å². The van der Waals surface area contributed by atoms with E-state index in [-0.39, 0.29) is 23.4 Å². The Balaban J connectivity index is 1.36. The van der Waals surface area contributed by atoms with Crippen molar-refractivity contribution >= 4 is 11.6 Å². The zero-order valence-corrected chi connectivity index (χ0v) is 21.7. The lowest BCUT2D eigenvalue weighted by molar-refractivity contribution is -0.203. The van der Waals surface area contributed by atoms with E-state index in [9.17, 15) is 14.7 Å². The number of carbonyl (C=O) groups is 2. The van der Waals surface area contributed by atoms with Crippen molar-refractivity contribution in [1.29, 1.82) is 0 Å². The maximum atomic E-state index is 13.4. The van der Waals surface area contributed by atoms with Gasteiger partial charge in [-0.1, -0.05) is 48.0 Å². The van der Waals surface area contributed by atoms with Gasteiger partial charge in [-0.05, 0) is 78.9 Å². The minimum absolute atomic E-state index is 0.0437. The van der Waals surface area contributed by atoms with Gasteiger partial charge in [-0.2, -0.15) is 0 Å². The summed E-state index contributed by atoms with van der Waals surface area (Å²) >= 11 is 0. The Bertz CT molecular complexity index is 820. The van der Waals surface area contributed by atoms with Crippen molar-refractivity contribution in [3.05, 3.63) is 0 Å². The molecule has 5 aliphatic rings. The van der Waals surface area contributed by atoms with Crippen LogP contribution >= 0.6 is 0 Å². The molecule has 0 aromatic heterocycles. The summed E-state index contributed by atoms with van der Waals surface area (Å²) in [7, 11) is 0. The largest absolute Gasteiger partial charge is 0.381 e. The summed E-state index contributed by atoms with van der Waals surface area (Å²) in [6.45, 7) is 14.0. The van der Waals surface area contributed by atoms with Gasteiger partial charge in [-0.15, -0.1) is 0 Å². The highest BCUT2D eigenvalue weighted by atomic mass is 16.6. The molecule has 4 aliphatic carbocycles. The van der Waals surface area contributed by atoms with Gasteiger partial charge in [0.2, 0.25) is 0 Å². The van der Waals surface area contributed by atoms with Gasteiger partial charge >= 0.3 is 0 Å². The number of hydrogen-bond donors (Lipinski definition) is 1. The Hall–Kier alpha value is -0.740. The van der Waals surface area contributed by atoms with Gasteiger partial charge in [-0.3, -0.25) is 9.59 Å². The second-order valence-corrected chi connectivity index (χ2v) is 13.5. The Kier molecular flexibility index (Phi) is 5.73. The number of hydrogen-bond acceptors (Lipinski definition) is 4.